The molecule has 0 fully saturated rings. The summed E-state index contributed by atoms with van der Waals surface area (Å²) in [6.07, 6.45) is 1.51. The fourth-order valence-electron chi connectivity index (χ4n) is 1.46. The maximum absolute atomic E-state index is 11.8. The number of ketones is 1. The number of rotatable bonds is 4. The van der Waals surface area contributed by atoms with Crippen LogP contribution < -0.4 is 0 Å². The highest BCUT2D eigenvalue weighted by Gasteiger charge is 2.07. The number of hydrogen-bond donors (Lipinski definition) is 0. The average molecular weight is 231 g/mol. The molecule has 0 amide bonds. The summed E-state index contributed by atoms with van der Waals surface area (Å²) in [7, 11) is 3.74. The Kier molecular flexibility index (Phi) is 3.24. The van der Waals surface area contributed by atoms with Gasteiger partial charge in [-0.05, 0) is 48.8 Å². The van der Waals surface area contributed by atoms with Crippen LogP contribution in [0.25, 0.3) is 5.69 Å². The number of benzene rings is 1. The maximum atomic E-state index is 11.8. The van der Waals surface area contributed by atoms with Gasteiger partial charge in [0.1, 0.15) is 6.33 Å². The standard InChI is InChI=1S/C11H13N5O/c1-15(2)7-11(17)9-3-5-10(6-4-9)16-8-12-13-14-16/h3-6,8H,7H2,1-2H3. The summed E-state index contributed by atoms with van der Waals surface area (Å²) in [5.74, 6) is 0.0956. The minimum atomic E-state index is 0.0956. The highest BCUT2D eigenvalue weighted by molar-refractivity contribution is 5.97. The van der Waals surface area contributed by atoms with Crippen molar-refractivity contribution in [3.8, 4) is 5.69 Å². The van der Waals surface area contributed by atoms with Crippen molar-refractivity contribution in [2.45, 2.75) is 0 Å². The van der Waals surface area contributed by atoms with Crippen LogP contribution in [-0.2, 0) is 0 Å². The normalized spacial score (nSPS) is 10.8. The molecule has 2 rings (SSSR count). The molecule has 88 valence electrons. The van der Waals surface area contributed by atoms with Gasteiger partial charge in [0.2, 0.25) is 0 Å². The van der Waals surface area contributed by atoms with Crippen LogP contribution in [-0.4, -0.2) is 51.5 Å². The van der Waals surface area contributed by atoms with Gasteiger partial charge in [0.05, 0.1) is 12.2 Å². The van der Waals surface area contributed by atoms with Gasteiger partial charge in [0.25, 0.3) is 0 Å². The van der Waals surface area contributed by atoms with E-state index in [0.717, 1.165) is 5.69 Å². The lowest BCUT2D eigenvalue weighted by Gasteiger charge is -2.08. The molecule has 0 unspecified atom stereocenters. The van der Waals surface area contributed by atoms with Gasteiger partial charge in [0.15, 0.2) is 5.78 Å². The summed E-state index contributed by atoms with van der Waals surface area (Å²) in [5, 5.41) is 10.9. The minimum absolute atomic E-state index is 0.0956. The molecule has 0 spiro atoms. The lowest BCUT2D eigenvalue weighted by molar-refractivity contribution is 0.0958. The molecule has 6 heteroatoms. The monoisotopic (exact) mass is 231 g/mol. The summed E-state index contributed by atoms with van der Waals surface area (Å²) in [5.41, 5.74) is 1.52. The quantitative estimate of drug-likeness (QED) is 0.713. The van der Waals surface area contributed by atoms with E-state index in [0.29, 0.717) is 12.1 Å². The third-order valence-corrected chi connectivity index (χ3v) is 2.26. The molecule has 17 heavy (non-hydrogen) atoms. The first-order valence-corrected chi connectivity index (χ1v) is 5.18. The van der Waals surface area contributed by atoms with Gasteiger partial charge in [-0.3, -0.25) is 4.79 Å². The minimum Gasteiger partial charge on any atom is -0.302 e. The Balaban J connectivity index is 2.16. The van der Waals surface area contributed by atoms with Crippen LogP contribution in [0.5, 0.6) is 0 Å². The van der Waals surface area contributed by atoms with E-state index in [-0.39, 0.29) is 5.78 Å². The fourth-order valence-corrected chi connectivity index (χ4v) is 1.46. The second-order valence-corrected chi connectivity index (χ2v) is 3.96. The number of hydrogen-bond acceptors (Lipinski definition) is 5. The number of Topliss-reactive ketones (excluding diaryl/α,β-unsaturated/α-hetero) is 1. The van der Waals surface area contributed by atoms with Gasteiger partial charge in [-0.2, -0.15) is 0 Å². The summed E-state index contributed by atoms with van der Waals surface area (Å²) >= 11 is 0. The summed E-state index contributed by atoms with van der Waals surface area (Å²) in [6, 6.07) is 7.20. The molecule has 0 saturated heterocycles. The van der Waals surface area contributed by atoms with Crippen LogP contribution in [0.3, 0.4) is 0 Å². The zero-order valence-electron chi connectivity index (χ0n) is 9.74. The lowest BCUT2D eigenvalue weighted by atomic mass is 10.1. The van der Waals surface area contributed by atoms with Crippen LogP contribution in [0.4, 0.5) is 0 Å². The Bertz CT molecular complexity index is 489. The molecule has 0 bridgehead atoms. The molecule has 1 heterocycles. The summed E-state index contributed by atoms with van der Waals surface area (Å²) < 4.78 is 1.54. The zero-order chi connectivity index (χ0) is 12.3. The van der Waals surface area contributed by atoms with Crippen LogP contribution in [0.15, 0.2) is 30.6 Å². The predicted molar refractivity (Wildman–Crippen MR) is 62.0 cm³/mol. The number of carbonyl (C=O) groups is 1. The van der Waals surface area contributed by atoms with Gasteiger partial charge < -0.3 is 4.90 Å². The van der Waals surface area contributed by atoms with Crippen molar-refractivity contribution < 1.29 is 4.79 Å². The van der Waals surface area contributed by atoms with Crippen molar-refractivity contribution in [2.24, 2.45) is 0 Å². The molecule has 0 aliphatic heterocycles. The van der Waals surface area contributed by atoms with E-state index in [2.05, 4.69) is 15.5 Å². The topological polar surface area (TPSA) is 63.9 Å². The summed E-state index contributed by atoms with van der Waals surface area (Å²) in [6.45, 7) is 0.407. The maximum Gasteiger partial charge on any atom is 0.176 e. The molecule has 0 N–H and O–H groups in total. The van der Waals surface area contributed by atoms with E-state index in [4.69, 9.17) is 0 Å². The van der Waals surface area contributed by atoms with Crippen LogP contribution in [0.1, 0.15) is 10.4 Å². The van der Waals surface area contributed by atoms with Gasteiger partial charge in [-0.25, -0.2) is 4.68 Å². The zero-order valence-corrected chi connectivity index (χ0v) is 9.74. The third kappa shape index (κ3) is 2.73. The average Bonchev–Trinajstić information content (AvgIpc) is 2.82. The van der Waals surface area contributed by atoms with Crippen molar-refractivity contribution in [3.05, 3.63) is 36.2 Å². The first kappa shape index (κ1) is 11.4. The molecule has 0 atom stereocenters. The number of tetrazole rings is 1. The molecule has 2 aromatic rings. The van der Waals surface area contributed by atoms with Gasteiger partial charge in [-0.15, -0.1) is 5.10 Å². The summed E-state index contributed by atoms with van der Waals surface area (Å²) in [4.78, 5) is 13.6. The molecule has 0 aliphatic rings. The lowest BCUT2D eigenvalue weighted by Crippen LogP contribution is -2.21. The van der Waals surface area contributed by atoms with E-state index >= 15 is 0 Å². The Morgan fingerprint density at radius 2 is 2.00 bits per heavy atom. The van der Waals surface area contributed by atoms with Crippen LogP contribution in [0.2, 0.25) is 0 Å². The third-order valence-electron chi connectivity index (χ3n) is 2.26. The van der Waals surface area contributed by atoms with Crippen LogP contribution in [0, 0.1) is 0 Å². The largest absolute Gasteiger partial charge is 0.302 e. The molecule has 0 radical (unpaired) electrons. The molecule has 0 saturated carbocycles. The first-order valence-electron chi connectivity index (χ1n) is 5.18. The Labute approximate surface area is 98.9 Å². The predicted octanol–water partition coefficient (Wildman–Crippen LogP) is 0.407. The number of carbonyl (C=O) groups excluding carboxylic acids is 1. The van der Waals surface area contributed by atoms with E-state index in [1.807, 2.05) is 31.1 Å². The number of nitrogens with zero attached hydrogens (tertiary/aromatic N) is 5. The molecule has 6 nitrogen and oxygen atoms in total. The van der Waals surface area contributed by atoms with Gasteiger partial charge in [0, 0.05) is 5.56 Å². The fraction of sp³-hybridized carbons (Fsp3) is 0.273. The molecular weight excluding hydrogens is 218 g/mol. The van der Waals surface area contributed by atoms with Crippen LogP contribution >= 0.6 is 0 Å². The van der Waals surface area contributed by atoms with Crippen molar-refractivity contribution in [2.75, 3.05) is 20.6 Å². The van der Waals surface area contributed by atoms with Crippen molar-refractivity contribution >= 4 is 5.78 Å². The highest BCUT2D eigenvalue weighted by atomic mass is 16.1. The Morgan fingerprint density at radius 1 is 1.29 bits per heavy atom. The molecule has 1 aromatic heterocycles. The Hall–Kier alpha value is -2.08. The highest BCUT2D eigenvalue weighted by Crippen LogP contribution is 2.08. The van der Waals surface area contributed by atoms with E-state index in [1.54, 1.807) is 16.8 Å². The SMILES string of the molecule is CN(C)CC(=O)c1ccc(-n2cnnn2)cc1. The second kappa shape index (κ2) is 4.84. The van der Waals surface area contributed by atoms with Crippen molar-refractivity contribution in [1.29, 1.82) is 0 Å². The number of likely N-dealkylation sites (N-methyl/N-ethyl adjacent to an activating group) is 1. The van der Waals surface area contributed by atoms with Gasteiger partial charge >= 0.3 is 0 Å². The van der Waals surface area contributed by atoms with E-state index in [9.17, 15) is 4.79 Å². The van der Waals surface area contributed by atoms with Crippen molar-refractivity contribution in [3.63, 3.8) is 0 Å². The molecule has 0 aliphatic carbocycles. The Morgan fingerprint density at radius 3 is 2.53 bits per heavy atom. The van der Waals surface area contributed by atoms with Crippen molar-refractivity contribution in [1.82, 2.24) is 25.1 Å². The number of aromatic nitrogens is 4. The molecular formula is C11H13N5O. The van der Waals surface area contributed by atoms with Gasteiger partial charge in [-0.1, -0.05) is 0 Å². The first-order chi connectivity index (χ1) is 8.16. The molecule has 1 aromatic carbocycles. The van der Waals surface area contributed by atoms with E-state index in [1.165, 1.54) is 6.33 Å². The van der Waals surface area contributed by atoms with E-state index < -0.39 is 0 Å². The smallest absolute Gasteiger partial charge is 0.176 e. The second-order valence-electron chi connectivity index (χ2n) is 3.96.